The number of phosphoric ester groups is 1. The molecule has 0 aromatic heterocycles. The first kappa shape index (κ1) is 55.9. The molecule has 0 aliphatic carbocycles. The molecule has 0 fully saturated rings. The lowest BCUT2D eigenvalue weighted by Crippen LogP contribution is -2.34. The monoisotopic (exact) mass is 840 g/mol. The van der Waals surface area contributed by atoms with E-state index in [0.717, 1.165) is 70.6 Å². The average Bonchev–Trinajstić information content (AvgIpc) is 3.20. The van der Waals surface area contributed by atoms with Crippen molar-refractivity contribution in [2.75, 3.05) is 26.4 Å². The van der Waals surface area contributed by atoms with Crippen molar-refractivity contribution in [1.82, 2.24) is 0 Å². The quantitative estimate of drug-likeness (QED) is 0.0234. The first-order chi connectivity index (χ1) is 28.2. The molecule has 3 unspecified atom stereocenters. The molecular formula is C47H86NO9P. The van der Waals surface area contributed by atoms with Gasteiger partial charge in [-0.3, -0.25) is 18.6 Å². The second-order valence-electron chi connectivity index (χ2n) is 15.5. The van der Waals surface area contributed by atoms with Crippen molar-refractivity contribution in [1.29, 1.82) is 0 Å². The number of nitrogens with two attached hydrogens (primary N) is 1. The van der Waals surface area contributed by atoms with Gasteiger partial charge in [-0.1, -0.05) is 172 Å². The number of esters is 1. The summed E-state index contributed by atoms with van der Waals surface area (Å²) in [6.45, 7) is 3.81. The van der Waals surface area contributed by atoms with E-state index in [1.165, 1.54) is 103 Å². The number of hydrogen-bond donors (Lipinski definition) is 3. The number of aliphatic carboxylic acids is 1. The summed E-state index contributed by atoms with van der Waals surface area (Å²) < 4.78 is 33.4. The molecule has 0 saturated carbocycles. The van der Waals surface area contributed by atoms with Crippen molar-refractivity contribution in [3.05, 3.63) is 48.6 Å². The Morgan fingerprint density at radius 1 is 0.552 bits per heavy atom. The molecule has 0 spiro atoms. The Labute approximate surface area is 354 Å². The minimum Gasteiger partial charge on any atom is -0.480 e. The molecule has 0 aliphatic heterocycles. The Bertz CT molecular complexity index is 1110. The number of rotatable bonds is 44. The Hall–Kier alpha value is -2.07. The van der Waals surface area contributed by atoms with Crippen molar-refractivity contribution in [3.8, 4) is 0 Å². The summed E-state index contributed by atoms with van der Waals surface area (Å²) in [4.78, 5) is 33.5. The highest BCUT2D eigenvalue weighted by Crippen LogP contribution is 2.43. The topological polar surface area (TPSA) is 155 Å². The van der Waals surface area contributed by atoms with Crippen LogP contribution in [0.15, 0.2) is 48.6 Å². The fraction of sp³-hybridized carbons (Fsp3) is 0.787. The van der Waals surface area contributed by atoms with E-state index in [1.807, 2.05) is 0 Å². The van der Waals surface area contributed by atoms with Crippen LogP contribution in [0.25, 0.3) is 0 Å². The SMILES string of the molecule is CCCC/C=C\C/C=C\CCCCCCCC(=O)OC(COCCCCCCCCCCCC/C=C\C/C=C\CCCCCCC)COP(=O)(O)OCC(N)C(=O)O. The van der Waals surface area contributed by atoms with Gasteiger partial charge in [0.15, 0.2) is 0 Å². The Morgan fingerprint density at radius 3 is 1.45 bits per heavy atom. The van der Waals surface area contributed by atoms with E-state index in [9.17, 15) is 19.0 Å². The molecule has 0 amide bonds. The highest BCUT2D eigenvalue weighted by molar-refractivity contribution is 7.47. The number of hydrogen-bond acceptors (Lipinski definition) is 8. The summed E-state index contributed by atoms with van der Waals surface area (Å²) in [5, 5.41) is 8.90. The summed E-state index contributed by atoms with van der Waals surface area (Å²) in [6.07, 6.45) is 50.2. The van der Waals surface area contributed by atoms with Gasteiger partial charge in [-0.25, -0.2) is 4.57 Å². The molecule has 4 N–H and O–H groups in total. The van der Waals surface area contributed by atoms with Crippen LogP contribution in [0.1, 0.15) is 200 Å². The number of allylic oxidation sites excluding steroid dienone is 8. The van der Waals surface area contributed by atoms with Crippen LogP contribution in [0, 0.1) is 0 Å². The van der Waals surface area contributed by atoms with Gasteiger partial charge in [0.05, 0.1) is 19.8 Å². The van der Waals surface area contributed by atoms with Crippen LogP contribution in [0.4, 0.5) is 0 Å². The largest absolute Gasteiger partial charge is 0.480 e. The second-order valence-corrected chi connectivity index (χ2v) is 17.0. The van der Waals surface area contributed by atoms with E-state index in [0.29, 0.717) is 13.0 Å². The van der Waals surface area contributed by atoms with Gasteiger partial charge < -0.3 is 25.2 Å². The smallest absolute Gasteiger partial charge is 0.472 e. The molecule has 0 aliphatic rings. The molecule has 0 heterocycles. The lowest BCUT2D eigenvalue weighted by atomic mass is 10.1. The predicted octanol–water partition coefficient (Wildman–Crippen LogP) is 13.0. The van der Waals surface area contributed by atoms with E-state index in [4.69, 9.17) is 29.4 Å². The van der Waals surface area contributed by atoms with Gasteiger partial charge in [0.25, 0.3) is 0 Å². The summed E-state index contributed by atoms with van der Waals surface area (Å²) in [7, 11) is -4.62. The van der Waals surface area contributed by atoms with Gasteiger partial charge >= 0.3 is 19.8 Å². The number of phosphoric acid groups is 1. The van der Waals surface area contributed by atoms with Crippen LogP contribution >= 0.6 is 7.82 Å². The van der Waals surface area contributed by atoms with Crippen molar-refractivity contribution in [2.45, 2.75) is 212 Å². The predicted molar refractivity (Wildman–Crippen MR) is 240 cm³/mol. The number of ether oxygens (including phenoxy) is 2. The lowest BCUT2D eigenvalue weighted by Gasteiger charge is -2.20. The summed E-state index contributed by atoms with van der Waals surface area (Å²) in [5.74, 6) is -1.79. The molecule has 10 nitrogen and oxygen atoms in total. The first-order valence-corrected chi connectivity index (χ1v) is 24.7. The maximum Gasteiger partial charge on any atom is 0.472 e. The Kier molecular flexibility index (Phi) is 41.5. The molecule has 0 saturated heterocycles. The van der Waals surface area contributed by atoms with Gasteiger partial charge in [-0.2, -0.15) is 0 Å². The summed E-state index contributed by atoms with van der Waals surface area (Å²) in [6, 6.07) is -1.48. The molecule has 0 aromatic rings. The summed E-state index contributed by atoms with van der Waals surface area (Å²) in [5.41, 5.74) is 5.36. The normalized spacial score (nSPS) is 14.3. The van der Waals surface area contributed by atoms with E-state index in [2.05, 4.69) is 62.5 Å². The highest BCUT2D eigenvalue weighted by Gasteiger charge is 2.27. The lowest BCUT2D eigenvalue weighted by molar-refractivity contribution is -0.154. The molecular weight excluding hydrogens is 753 g/mol. The van der Waals surface area contributed by atoms with Crippen molar-refractivity contribution >= 4 is 19.8 Å². The number of carbonyl (C=O) groups is 2. The minimum absolute atomic E-state index is 0.00846. The van der Waals surface area contributed by atoms with E-state index >= 15 is 0 Å². The van der Waals surface area contributed by atoms with Crippen LogP contribution in [0.5, 0.6) is 0 Å². The third-order valence-electron chi connectivity index (χ3n) is 9.83. The standard InChI is InChI=1S/C47H86NO9P/c1-3-5-7-9-11-13-15-17-19-20-21-22-23-24-25-26-28-30-32-34-36-38-40-54-41-44(42-55-58(52,53)56-43-45(48)47(50)51)57-46(49)39-37-35-33-31-29-27-18-16-14-12-10-8-6-4-2/h10,12,15-18,20-21,44-45H,3-9,11,13-14,19,22-43,48H2,1-2H3,(H,50,51)(H,52,53)/b12-10-,17-15-,18-16-,21-20-. The maximum atomic E-state index is 12.6. The van der Waals surface area contributed by atoms with Gasteiger partial charge in [0, 0.05) is 13.0 Å². The third kappa shape index (κ3) is 42.1. The number of unbranched alkanes of at least 4 members (excludes halogenated alkanes) is 22. The fourth-order valence-corrected chi connectivity index (χ4v) is 6.96. The Balaban J connectivity index is 4.18. The van der Waals surface area contributed by atoms with Crippen LogP contribution in [-0.4, -0.2) is 60.5 Å². The van der Waals surface area contributed by atoms with Gasteiger partial charge in [0.2, 0.25) is 0 Å². The van der Waals surface area contributed by atoms with Crippen LogP contribution in [0.2, 0.25) is 0 Å². The van der Waals surface area contributed by atoms with Gasteiger partial charge in [0.1, 0.15) is 12.1 Å². The fourth-order valence-electron chi connectivity index (χ4n) is 6.18. The van der Waals surface area contributed by atoms with Crippen LogP contribution < -0.4 is 5.73 Å². The maximum absolute atomic E-state index is 12.6. The van der Waals surface area contributed by atoms with E-state index in [1.54, 1.807) is 0 Å². The first-order valence-electron chi connectivity index (χ1n) is 23.2. The van der Waals surface area contributed by atoms with Crippen LogP contribution in [-0.2, 0) is 32.7 Å². The molecule has 0 rings (SSSR count). The van der Waals surface area contributed by atoms with Crippen molar-refractivity contribution < 1.29 is 42.7 Å². The third-order valence-corrected chi connectivity index (χ3v) is 10.8. The molecule has 58 heavy (non-hydrogen) atoms. The second kappa shape index (κ2) is 43.0. The van der Waals surface area contributed by atoms with Gasteiger partial charge in [-0.05, 0) is 70.6 Å². The van der Waals surface area contributed by atoms with Crippen molar-refractivity contribution in [2.24, 2.45) is 5.73 Å². The number of carboxylic acid groups (broad SMARTS) is 1. The average molecular weight is 840 g/mol. The summed E-state index contributed by atoms with van der Waals surface area (Å²) >= 11 is 0. The van der Waals surface area contributed by atoms with Gasteiger partial charge in [-0.15, -0.1) is 0 Å². The number of carboxylic acids is 1. The van der Waals surface area contributed by atoms with Crippen molar-refractivity contribution in [3.63, 3.8) is 0 Å². The molecule has 338 valence electrons. The van der Waals surface area contributed by atoms with E-state index in [-0.39, 0.29) is 13.0 Å². The molecule has 0 bridgehead atoms. The molecule has 0 aromatic carbocycles. The van der Waals surface area contributed by atoms with Crippen LogP contribution in [0.3, 0.4) is 0 Å². The highest BCUT2D eigenvalue weighted by atomic mass is 31.2. The zero-order valence-electron chi connectivity index (χ0n) is 36.9. The molecule has 3 atom stereocenters. The minimum atomic E-state index is -4.62. The Morgan fingerprint density at radius 2 is 0.966 bits per heavy atom. The molecule has 0 radical (unpaired) electrons. The zero-order chi connectivity index (χ0) is 42.6. The molecule has 11 heteroatoms. The number of carbonyl (C=O) groups excluding carboxylic acids is 1. The van der Waals surface area contributed by atoms with E-state index < -0.39 is 45.1 Å². The zero-order valence-corrected chi connectivity index (χ0v) is 37.8.